The van der Waals surface area contributed by atoms with Gasteiger partial charge in [0.15, 0.2) is 0 Å². The monoisotopic (exact) mass is 371 g/mol. The van der Waals surface area contributed by atoms with Crippen LogP contribution in [0.3, 0.4) is 0 Å². The van der Waals surface area contributed by atoms with Gasteiger partial charge in [0.25, 0.3) is 17.0 Å². The van der Waals surface area contributed by atoms with Gasteiger partial charge in [-0.3, -0.25) is 14.4 Å². The lowest BCUT2D eigenvalue weighted by molar-refractivity contribution is 0.0945. The second-order valence-electron chi connectivity index (χ2n) is 7.19. The van der Waals surface area contributed by atoms with Crippen molar-refractivity contribution in [2.24, 2.45) is 20.0 Å². The maximum absolute atomic E-state index is 12.5. The highest BCUT2D eigenvalue weighted by atomic mass is 16.2. The number of hydrogen-bond donors (Lipinski definition) is 1. The van der Waals surface area contributed by atoms with E-state index in [9.17, 15) is 14.4 Å². The molecule has 27 heavy (non-hydrogen) atoms. The Morgan fingerprint density at radius 2 is 2.00 bits per heavy atom. The Hall–Kier alpha value is -2.90. The van der Waals surface area contributed by atoms with Crippen LogP contribution in [0.2, 0.25) is 0 Å². The Kier molecular flexibility index (Phi) is 5.16. The zero-order valence-electron chi connectivity index (χ0n) is 16.2. The minimum absolute atomic E-state index is 0.144. The van der Waals surface area contributed by atoms with Gasteiger partial charge >= 0.3 is 0 Å². The lowest BCUT2D eigenvalue weighted by Gasteiger charge is -2.18. The smallest absolute Gasteiger partial charge is 0.268 e. The van der Waals surface area contributed by atoms with Crippen LogP contribution in [0, 0.1) is 19.8 Å². The fraction of sp³-hybridized carbons (Fsp3) is 0.474. The van der Waals surface area contributed by atoms with Gasteiger partial charge in [-0.15, -0.1) is 0 Å². The van der Waals surface area contributed by atoms with Gasteiger partial charge in [-0.1, -0.05) is 0 Å². The maximum Gasteiger partial charge on any atom is 0.268 e. The fourth-order valence-electron chi connectivity index (χ4n) is 3.45. The molecule has 144 valence electrons. The summed E-state index contributed by atoms with van der Waals surface area (Å²) < 4.78 is 2.78. The standard InChI is InChI=1S/C19H25N5O3/c1-12-7-13(2)22(3)19(27)17(12)18(26)20-9-14-5-6-24(11-14)15-8-16(25)23(4)21-10-15/h7-8,10,14H,5-6,9,11H2,1-4H3,(H,20,26). The Labute approximate surface area is 157 Å². The number of carbonyl (C=O) groups excluding carboxylic acids is 1. The predicted molar refractivity (Wildman–Crippen MR) is 103 cm³/mol. The summed E-state index contributed by atoms with van der Waals surface area (Å²) >= 11 is 0. The molecule has 2 aromatic heterocycles. The molecule has 2 aromatic rings. The lowest BCUT2D eigenvalue weighted by atomic mass is 10.1. The van der Waals surface area contributed by atoms with E-state index in [2.05, 4.69) is 15.3 Å². The third-order valence-electron chi connectivity index (χ3n) is 5.25. The number of pyridine rings is 1. The molecule has 1 saturated heterocycles. The first-order valence-corrected chi connectivity index (χ1v) is 9.01. The Morgan fingerprint density at radius 3 is 2.70 bits per heavy atom. The summed E-state index contributed by atoms with van der Waals surface area (Å²) in [6.45, 7) is 5.66. The molecular weight excluding hydrogens is 346 g/mol. The molecule has 3 heterocycles. The summed E-state index contributed by atoms with van der Waals surface area (Å²) in [6.07, 6.45) is 2.59. The SMILES string of the molecule is Cc1cc(C)n(C)c(=O)c1C(=O)NCC1CCN(c2cnn(C)c(=O)c2)C1. The number of aryl methyl sites for hydroxylation is 3. The Balaban J connectivity index is 1.64. The maximum atomic E-state index is 12.5. The van der Waals surface area contributed by atoms with Gasteiger partial charge in [0, 0.05) is 45.5 Å². The molecule has 8 heteroatoms. The molecule has 1 aliphatic rings. The van der Waals surface area contributed by atoms with Crippen molar-refractivity contribution in [3.63, 3.8) is 0 Å². The van der Waals surface area contributed by atoms with Crippen LogP contribution in [-0.4, -0.2) is 39.9 Å². The first-order chi connectivity index (χ1) is 12.8. The van der Waals surface area contributed by atoms with Crippen molar-refractivity contribution < 1.29 is 4.79 Å². The summed E-state index contributed by atoms with van der Waals surface area (Å²) in [5, 5.41) is 6.95. The van der Waals surface area contributed by atoms with Gasteiger partial charge in [-0.05, 0) is 37.8 Å². The number of nitrogens with zero attached hydrogens (tertiary/aromatic N) is 4. The first-order valence-electron chi connectivity index (χ1n) is 9.01. The molecule has 1 amide bonds. The van der Waals surface area contributed by atoms with E-state index in [-0.39, 0.29) is 28.5 Å². The third-order valence-corrected chi connectivity index (χ3v) is 5.25. The molecule has 8 nitrogen and oxygen atoms in total. The first kappa shape index (κ1) is 18.9. The highest BCUT2D eigenvalue weighted by Gasteiger charge is 2.25. The van der Waals surface area contributed by atoms with Crippen molar-refractivity contribution in [3.05, 3.63) is 55.9 Å². The number of aromatic nitrogens is 3. The lowest BCUT2D eigenvalue weighted by Crippen LogP contribution is -2.37. The van der Waals surface area contributed by atoms with Crippen LogP contribution in [0.4, 0.5) is 5.69 Å². The quantitative estimate of drug-likeness (QED) is 0.838. The normalized spacial score (nSPS) is 16.6. The molecule has 0 aliphatic carbocycles. The zero-order valence-corrected chi connectivity index (χ0v) is 16.2. The summed E-state index contributed by atoms with van der Waals surface area (Å²) in [6, 6.07) is 3.42. The summed E-state index contributed by atoms with van der Waals surface area (Å²) in [5.74, 6) is -0.0746. The van der Waals surface area contributed by atoms with E-state index in [1.54, 1.807) is 33.3 Å². The predicted octanol–water partition coefficient (Wildman–Crippen LogP) is 0.352. The van der Waals surface area contributed by atoms with Crippen LogP contribution >= 0.6 is 0 Å². The molecule has 3 rings (SSSR count). The topological polar surface area (TPSA) is 89.2 Å². The number of nitrogens with one attached hydrogen (secondary N) is 1. The van der Waals surface area contributed by atoms with Gasteiger partial charge in [-0.25, -0.2) is 4.68 Å². The van der Waals surface area contributed by atoms with Crippen molar-refractivity contribution in [3.8, 4) is 0 Å². The number of rotatable bonds is 4. The van der Waals surface area contributed by atoms with E-state index in [0.29, 0.717) is 12.1 Å². The molecule has 0 spiro atoms. The highest BCUT2D eigenvalue weighted by molar-refractivity contribution is 5.95. The molecule has 0 aromatic carbocycles. The average Bonchev–Trinajstić information content (AvgIpc) is 3.09. The summed E-state index contributed by atoms with van der Waals surface area (Å²) in [4.78, 5) is 38.8. The number of anilines is 1. The van der Waals surface area contributed by atoms with Crippen LogP contribution in [-0.2, 0) is 14.1 Å². The number of carbonyl (C=O) groups is 1. The molecule has 0 radical (unpaired) electrons. The van der Waals surface area contributed by atoms with E-state index >= 15 is 0 Å². The van der Waals surface area contributed by atoms with Crippen LogP contribution < -0.4 is 21.3 Å². The van der Waals surface area contributed by atoms with Crippen LogP contribution in [0.15, 0.2) is 27.9 Å². The van der Waals surface area contributed by atoms with Crippen molar-refractivity contribution >= 4 is 11.6 Å². The van der Waals surface area contributed by atoms with Gasteiger partial charge in [-0.2, -0.15) is 5.10 Å². The Bertz CT molecular complexity index is 992. The van der Waals surface area contributed by atoms with E-state index in [4.69, 9.17) is 0 Å². The fourth-order valence-corrected chi connectivity index (χ4v) is 3.45. The molecule has 1 N–H and O–H groups in total. The molecule has 1 aliphatic heterocycles. The minimum Gasteiger partial charge on any atom is -0.370 e. The van der Waals surface area contributed by atoms with Crippen LogP contribution in [0.25, 0.3) is 0 Å². The van der Waals surface area contributed by atoms with Gasteiger partial charge in [0.1, 0.15) is 5.56 Å². The van der Waals surface area contributed by atoms with Crippen molar-refractivity contribution in [1.29, 1.82) is 0 Å². The van der Waals surface area contributed by atoms with Crippen molar-refractivity contribution in [2.45, 2.75) is 20.3 Å². The summed E-state index contributed by atoms with van der Waals surface area (Å²) in [5.41, 5.74) is 2.10. The Morgan fingerprint density at radius 1 is 1.26 bits per heavy atom. The van der Waals surface area contributed by atoms with Crippen molar-refractivity contribution in [1.82, 2.24) is 19.7 Å². The zero-order chi connectivity index (χ0) is 19.7. The van der Waals surface area contributed by atoms with Gasteiger partial charge < -0.3 is 14.8 Å². The molecule has 0 bridgehead atoms. The highest BCUT2D eigenvalue weighted by Crippen LogP contribution is 2.21. The van der Waals surface area contributed by atoms with Crippen LogP contribution in [0.5, 0.6) is 0 Å². The largest absolute Gasteiger partial charge is 0.370 e. The van der Waals surface area contributed by atoms with E-state index < -0.39 is 0 Å². The van der Waals surface area contributed by atoms with E-state index in [1.807, 2.05) is 13.0 Å². The number of hydrogen-bond acceptors (Lipinski definition) is 5. The van der Waals surface area contributed by atoms with Gasteiger partial charge in [0.05, 0.1) is 11.9 Å². The summed E-state index contributed by atoms with van der Waals surface area (Å²) in [7, 11) is 3.28. The van der Waals surface area contributed by atoms with Gasteiger partial charge in [0.2, 0.25) is 0 Å². The average molecular weight is 371 g/mol. The van der Waals surface area contributed by atoms with Crippen molar-refractivity contribution in [2.75, 3.05) is 24.5 Å². The molecule has 1 unspecified atom stereocenters. The number of amides is 1. The second kappa shape index (κ2) is 7.38. The molecular formula is C19H25N5O3. The van der Waals surface area contributed by atoms with Crippen LogP contribution in [0.1, 0.15) is 28.0 Å². The molecule has 0 saturated carbocycles. The minimum atomic E-state index is -0.332. The molecule has 1 atom stereocenters. The third kappa shape index (κ3) is 3.79. The van der Waals surface area contributed by atoms with E-state index in [0.717, 1.165) is 30.9 Å². The second-order valence-corrected chi connectivity index (χ2v) is 7.19. The van der Waals surface area contributed by atoms with E-state index in [1.165, 1.54) is 9.25 Å². The molecule has 1 fully saturated rings.